The lowest BCUT2D eigenvalue weighted by atomic mass is 10.2. The third-order valence-electron chi connectivity index (χ3n) is 3.55. The van der Waals surface area contributed by atoms with Crippen molar-refractivity contribution in [3.05, 3.63) is 68.5 Å². The largest absolute Gasteiger partial charge is 0.489 e. The standard InChI is InChI=1S/C18H13Cl2NO2S2/c1-21-17(22)16(25-18(21)24)9-11-2-5-13(6-3-11)23-10-12-4-7-14(19)15(20)8-12/h2-9H,10H2,1H3/b16-9+. The Balaban J connectivity index is 1.65. The van der Waals surface area contributed by atoms with Crippen LogP contribution in [0.25, 0.3) is 6.08 Å². The fourth-order valence-electron chi connectivity index (χ4n) is 2.15. The lowest BCUT2D eigenvalue weighted by Gasteiger charge is -2.07. The highest BCUT2D eigenvalue weighted by Crippen LogP contribution is 2.31. The van der Waals surface area contributed by atoms with Crippen LogP contribution in [0.1, 0.15) is 11.1 Å². The molecule has 1 fully saturated rings. The number of halogens is 2. The second-order valence-corrected chi connectivity index (χ2v) is 7.84. The number of likely N-dealkylation sites (N-methyl/N-ethyl adjacent to an activating group) is 1. The molecule has 0 saturated carbocycles. The molecule has 1 heterocycles. The predicted molar refractivity (Wildman–Crippen MR) is 108 cm³/mol. The van der Waals surface area contributed by atoms with Crippen LogP contribution in [0.5, 0.6) is 5.75 Å². The Kier molecular flexibility index (Phi) is 5.69. The zero-order chi connectivity index (χ0) is 18.0. The third kappa shape index (κ3) is 4.36. The van der Waals surface area contributed by atoms with Crippen LogP contribution in [0.3, 0.4) is 0 Å². The van der Waals surface area contributed by atoms with E-state index in [4.69, 9.17) is 40.2 Å². The van der Waals surface area contributed by atoms with Gasteiger partial charge in [-0.2, -0.15) is 0 Å². The zero-order valence-corrected chi connectivity index (χ0v) is 16.3. The number of nitrogens with zero attached hydrogens (tertiary/aromatic N) is 1. The molecule has 128 valence electrons. The first-order valence-corrected chi connectivity index (χ1v) is 9.30. The van der Waals surface area contributed by atoms with Crippen LogP contribution in [0.4, 0.5) is 0 Å². The van der Waals surface area contributed by atoms with E-state index in [-0.39, 0.29) is 5.91 Å². The quantitative estimate of drug-likeness (QED) is 0.499. The Morgan fingerprint density at radius 2 is 1.88 bits per heavy atom. The summed E-state index contributed by atoms with van der Waals surface area (Å²) in [5.41, 5.74) is 1.85. The van der Waals surface area contributed by atoms with Crippen LogP contribution in [0, 0.1) is 0 Å². The summed E-state index contributed by atoms with van der Waals surface area (Å²) in [4.78, 5) is 14.1. The number of hydrogen-bond donors (Lipinski definition) is 0. The summed E-state index contributed by atoms with van der Waals surface area (Å²) in [5, 5.41) is 1.03. The van der Waals surface area contributed by atoms with Crippen molar-refractivity contribution in [3.8, 4) is 5.75 Å². The number of thiocarbonyl (C=S) groups is 1. The number of amides is 1. The van der Waals surface area contributed by atoms with E-state index in [0.29, 0.717) is 25.9 Å². The van der Waals surface area contributed by atoms with E-state index in [9.17, 15) is 4.79 Å². The van der Waals surface area contributed by atoms with Crippen LogP contribution >= 0.6 is 47.2 Å². The van der Waals surface area contributed by atoms with Gasteiger partial charge in [-0.15, -0.1) is 0 Å². The molecule has 0 aromatic heterocycles. The van der Waals surface area contributed by atoms with Crippen molar-refractivity contribution >= 4 is 63.5 Å². The van der Waals surface area contributed by atoms with Crippen molar-refractivity contribution in [2.24, 2.45) is 0 Å². The van der Waals surface area contributed by atoms with Crippen molar-refractivity contribution in [1.29, 1.82) is 0 Å². The molecular weight excluding hydrogens is 397 g/mol. The van der Waals surface area contributed by atoms with Crippen LogP contribution in [-0.4, -0.2) is 22.2 Å². The normalized spacial score (nSPS) is 16.0. The summed E-state index contributed by atoms with van der Waals surface area (Å²) in [6, 6.07) is 12.9. The number of ether oxygens (including phenoxy) is 1. The number of carbonyl (C=O) groups is 1. The van der Waals surface area contributed by atoms with Crippen molar-refractivity contribution in [1.82, 2.24) is 4.90 Å². The van der Waals surface area contributed by atoms with Gasteiger partial charge in [0.2, 0.25) is 0 Å². The van der Waals surface area contributed by atoms with E-state index in [0.717, 1.165) is 16.9 Å². The van der Waals surface area contributed by atoms with Gasteiger partial charge >= 0.3 is 0 Å². The van der Waals surface area contributed by atoms with E-state index in [1.165, 1.54) is 16.7 Å². The Hall–Kier alpha value is -1.53. The van der Waals surface area contributed by atoms with Gasteiger partial charge in [0.1, 0.15) is 16.7 Å². The Morgan fingerprint density at radius 1 is 1.16 bits per heavy atom. The zero-order valence-electron chi connectivity index (χ0n) is 13.2. The summed E-state index contributed by atoms with van der Waals surface area (Å²) in [5.74, 6) is 0.654. The first-order chi connectivity index (χ1) is 11.9. The molecule has 0 aliphatic carbocycles. The van der Waals surface area contributed by atoms with Crippen molar-refractivity contribution < 1.29 is 9.53 Å². The molecule has 3 rings (SSSR count). The fraction of sp³-hybridized carbons (Fsp3) is 0.111. The first-order valence-electron chi connectivity index (χ1n) is 7.32. The molecule has 0 spiro atoms. The molecule has 25 heavy (non-hydrogen) atoms. The van der Waals surface area contributed by atoms with Crippen molar-refractivity contribution in [2.75, 3.05) is 7.05 Å². The van der Waals surface area contributed by atoms with Crippen molar-refractivity contribution in [2.45, 2.75) is 6.61 Å². The number of hydrogen-bond acceptors (Lipinski definition) is 4. The molecule has 0 unspecified atom stereocenters. The smallest absolute Gasteiger partial charge is 0.265 e. The number of rotatable bonds is 4. The third-order valence-corrected chi connectivity index (χ3v) is 5.78. The van der Waals surface area contributed by atoms with Crippen LogP contribution < -0.4 is 4.74 Å². The molecule has 3 nitrogen and oxygen atoms in total. The van der Waals surface area contributed by atoms with Gasteiger partial charge in [0.05, 0.1) is 15.0 Å². The lowest BCUT2D eigenvalue weighted by Crippen LogP contribution is -2.22. The van der Waals surface area contributed by atoms with Gasteiger partial charge in [-0.25, -0.2) is 0 Å². The van der Waals surface area contributed by atoms with Gasteiger partial charge in [0, 0.05) is 7.05 Å². The predicted octanol–water partition coefficient (Wildman–Crippen LogP) is 5.40. The van der Waals surface area contributed by atoms with Gasteiger partial charge < -0.3 is 4.74 Å². The summed E-state index contributed by atoms with van der Waals surface area (Å²) >= 11 is 18.3. The minimum Gasteiger partial charge on any atom is -0.489 e. The second kappa shape index (κ2) is 7.79. The fourth-order valence-corrected chi connectivity index (χ4v) is 3.65. The molecular formula is C18H13Cl2NO2S2. The number of benzene rings is 2. The number of thioether (sulfide) groups is 1. The molecule has 0 bridgehead atoms. The Labute approximate surface area is 165 Å². The van der Waals surface area contributed by atoms with Crippen LogP contribution in [-0.2, 0) is 11.4 Å². The van der Waals surface area contributed by atoms with E-state index < -0.39 is 0 Å². The highest BCUT2D eigenvalue weighted by molar-refractivity contribution is 8.26. The summed E-state index contributed by atoms with van der Waals surface area (Å²) < 4.78 is 6.31. The highest BCUT2D eigenvalue weighted by Gasteiger charge is 2.28. The van der Waals surface area contributed by atoms with Gasteiger partial charge in [-0.05, 0) is 41.5 Å². The van der Waals surface area contributed by atoms with Gasteiger partial charge in [0.15, 0.2) is 0 Å². The van der Waals surface area contributed by atoms with E-state index in [1.54, 1.807) is 19.2 Å². The molecule has 2 aromatic rings. The minimum atomic E-state index is -0.0741. The SMILES string of the molecule is CN1C(=O)/C(=C\c2ccc(OCc3ccc(Cl)c(Cl)c3)cc2)SC1=S. The van der Waals surface area contributed by atoms with Crippen LogP contribution in [0.15, 0.2) is 47.4 Å². The van der Waals surface area contributed by atoms with Crippen LogP contribution in [0.2, 0.25) is 10.0 Å². The topological polar surface area (TPSA) is 29.5 Å². The maximum absolute atomic E-state index is 12.0. The molecule has 2 aromatic carbocycles. The maximum atomic E-state index is 12.0. The van der Waals surface area contributed by atoms with E-state index in [1.807, 2.05) is 36.4 Å². The summed E-state index contributed by atoms with van der Waals surface area (Å²) in [6.45, 7) is 0.394. The first kappa shape index (κ1) is 18.3. The minimum absolute atomic E-state index is 0.0741. The molecule has 1 saturated heterocycles. The monoisotopic (exact) mass is 409 g/mol. The second-order valence-electron chi connectivity index (χ2n) is 5.35. The van der Waals surface area contributed by atoms with E-state index >= 15 is 0 Å². The molecule has 0 N–H and O–H groups in total. The average molecular weight is 410 g/mol. The van der Waals surface area contributed by atoms with Gasteiger partial charge in [0.25, 0.3) is 5.91 Å². The molecule has 1 aliphatic heterocycles. The summed E-state index contributed by atoms with van der Waals surface area (Å²) in [7, 11) is 1.68. The number of carbonyl (C=O) groups excluding carboxylic acids is 1. The Bertz CT molecular complexity index is 866. The molecule has 7 heteroatoms. The lowest BCUT2D eigenvalue weighted by molar-refractivity contribution is -0.121. The van der Waals surface area contributed by atoms with Crippen molar-refractivity contribution in [3.63, 3.8) is 0 Å². The molecule has 1 amide bonds. The van der Waals surface area contributed by atoms with E-state index in [2.05, 4.69) is 0 Å². The average Bonchev–Trinajstić information content (AvgIpc) is 2.84. The summed E-state index contributed by atoms with van der Waals surface area (Å²) in [6.07, 6.45) is 1.82. The van der Waals surface area contributed by atoms with Gasteiger partial charge in [-0.3, -0.25) is 9.69 Å². The highest BCUT2D eigenvalue weighted by atomic mass is 35.5. The molecule has 0 radical (unpaired) electrons. The van der Waals surface area contributed by atoms with Gasteiger partial charge in [-0.1, -0.05) is 65.4 Å². The molecule has 0 atom stereocenters. The molecule has 1 aliphatic rings. The maximum Gasteiger partial charge on any atom is 0.265 e. The Morgan fingerprint density at radius 3 is 2.48 bits per heavy atom.